The third kappa shape index (κ3) is 7.13. The van der Waals surface area contributed by atoms with E-state index < -0.39 is 28.5 Å². The summed E-state index contributed by atoms with van der Waals surface area (Å²) in [5, 5.41) is 2.93. The standard InChI is InChI=1S/C29H35N3O5S/c1-5-22(2)30-29(34)23(3)31(20-24-12-8-6-9-13-24)28(33)21-32(25-16-18-26(37-4)19-17-25)38(35,36)27-14-10-7-11-15-27/h6-19,22-23H,5,20-21H2,1-4H3,(H,30,34)/t22-,23-/m0/s1. The fourth-order valence-electron chi connectivity index (χ4n) is 3.83. The molecule has 0 aliphatic heterocycles. The fraction of sp³-hybridized carbons (Fsp3) is 0.310. The number of hydrogen-bond acceptors (Lipinski definition) is 5. The van der Waals surface area contributed by atoms with Crippen LogP contribution in [-0.4, -0.2) is 50.9 Å². The Labute approximate surface area is 225 Å². The van der Waals surface area contributed by atoms with E-state index in [1.54, 1.807) is 49.4 Å². The molecular weight excluding hydrogens is 502 g/mol. The maximum atomic E-state index is 13.8. The van der Waals surface area contributed by atoms with Gasteiger partial charge in [-0.15, -0.1) is 0 Å². The van der Waals surface area contributed by atoms with Crippen LogP contribution in [0.15, 0.2) is 89.8 Å². The maximum Gasteiger partial charge on any atom is 0.264 e. The van der Waals surface area contributed by atoms with Crippen LogP contribution in [0.2, 0.25) is 0 Å². The number of anilines is 1. The number of methoxy groups -OCH3 is 1. The van der Waals surface area contributed by atoms with Crippen molar-refractivity contribution in [3.05, 3.63) is 90.5 Å². The number of carbonyl (C=O) groups is 2. The first-order valence-corrected chi connectivity index (χ1v) is 14.0. The summed E-state index contributed by atoms with van der Waals surface area (Å²) in [6, 6.07) is 22.8. The molecule has 0 radical (unpaired) electrons. The molecule has 8 nitrogen and oxygen atoms in total. The molecule has 0 bridgehead atoms. The van der Waals surface area contributed by atoms with Crippen LogP contribution < -0.4 is 14.4 Å². The molecule has 2 atom stereocenters. The number of nitrogens with one attached hydrogen (secondary N) is 1. The molecule has 0 fully saturated rings. The van der Waals surface area contributed by atoms with Crippen LogP contribution in [0.4, 0.5) is 5.69 Å². The third-order valence-corrected chi connectivity index (χ3v) is 8.12. The molecule has 0 aliphatic carbocycles. The molecule has 9 heteroatoms. The van der Waals surface area contributed by atoms with Crippen LogP contribution in [0.1, 0.15) is 32.8 Å². The Morgan fingerprint density at radius 2 is 1.47 bits per heavy atom. The number of sulfonamides is 1. The smallest absolute Gasteiger partial charge is 0.264 e. The summed E-state index contributed by atoms with van der Waals surface area (Å²) in [7, 11) is -2.58. The van der Waals surface area contributed by atoms with Crippen molar-refractivity contribution in [3.63, 3.8) is 0 Å². The van der Waals surface area contributed by atoms with Gasteiger partial charge in [0.15, 0.2) is 0 Å². The van der Waals surface area contributed by atoms with E-state index in [-0.39, 0.29) is 23.4 Å². The molecule has 3 rings (SSSR count). The minimum Gasteiger partial charge on any atom is -0.497 e. The van der Waals surface area contributed by atoms with Gasteiger partial charge in [-0.05, 0) is 62.2 Å². The molecular formula is C29H35N3O5S. The minimum absolute atomic E-state index is 0.0563. The van der Waals surface area contributed by atoms with E-state index in [9.17, 15) is 18.0 Å². The van der Waals surface area contributed by atoms with Crippen molar-refractivity contribution in [2.24, 2.45) is 0 Å². The minimum atomic E-state index is -4.10. The highest BCUT2D eigenvalue weighted by atomic mass is 32.2. The molecule has 0 spiro atoms. The number of ether oxygens (including phenoxy) is 1. The molecule has 3 aromatic carbocycles. The van der Waals surface area contributed by atoms with Gasteiger partial charge in [0.2, 0.25) is 11.8 Å². The largest absolute Gasteiger partial charge is 0.497 e. The summed E-state index contributed by atoms with van der Waals surface area (Å²) in [5.41, 5.74) is 1.13. The summed E-state index contributed by atoms with van der Waals surface area (Å²) in [5.74, 6) is -0.250. The van der Waals surface area contributed by atoms with Gasteiger partial charge in [0.1, 0.15) is 18.3 Å². The number of amides is 2. The average molecular weight is 538 g/mol. The molecule has 1 N–H and O–H groups in total. The van der Waals surface area contributed by atoms with Crippen LogP contribution in [0, 0.1) is 0 Å². The topological polar surface area (TPSA) is 96.0 Å². The molecule has 202 valence electrons. The second-order valence-electron chi connectivity index (χ2n) is 9.02. The Bertz CT molecular complexity index is 1300. The van der Waals surface area contributed by atoms with Gasteiger partial charge in [0.25, 0.3) is 10.0 Å². The van der Waals surface area contributed by atoms with E-state index in [1.807, 2.05) is 44.2 Å². The lowest BCUT2D eigenvalue weighted by molar-refractivity contribution is -0.139. The van der Waals surface area contributed by atoms with Crippen LogP contribution in [0.3, 0.4) is 0 Å². The predicted octanol–water partition coefficient (Wildman–Crippen LogP) is 4.22. The second kappa shape index (κ2) is 13.1. The van der Waals surface area contributed by atoms with Crippen molar-refractivity contribution in [3.8, 4) is 5.75 Å². The van der Waals surface area contributed by atoms with E-state index in [4.69, 9.17) is 4.74 Å². The number of benzene rings is 3. The number of carbonyl (C=O) groups excluding carboxylic acids is 2. The Morgan fingerprint density at radius 3 is 2.03 bits per heavy atom. The SMILES string of the molecule is CC[C@H](C)NC(=O)[C@H](C)N(Cc1ccccc1)C(=O)CN(c1ccc(OC)cc1)S(=O)(=O)c1ccccc1. The molecule has 38 heavy (non-hydrogen) atoms. The summed E-state index contributed by atoms with van der Waals surface area (Å²) in [4.78, 5) is 28.4. The van der Waals surface area contributed by atoms with Crippen molar-refractivity contribution in [1.82, 2.24) is 10.2 Å². The van der Waals surface area contributed by atoms with Crippen molar-refractivity contribution >= 4 is 27.5 Å². The van der Waals surface area contributed by atoms with E-state index >= 15 is 0 Å². The number of rotatable bonds is 12. The van der Waals surface area contributed by atoms with Gasteiger partial charge in [-0.25, -0.2) is 8.42 Å². The molecule has 0 saturated carbocycles. The predicted molar refractivity (Wildman–Crippen MR) is 148 cm³/mol. The van der Waals surface area contributed by atoms with Crippen LogP contribution in [0.5, 0.6) is 5.75 Å². The monoisotopic (exact) mass is 537 g/mol. The lowest BCUT2D eigenvalue weighted by atomic mass is 10.1. The molecule has 0 aromatic heterocycles. The van der Waals surface area contributed by atoms with Crippen LogP contribution >= 0.6 is 0 Å². The lowest BCUT2D eigenvalue weighted by Gasteiger charge is -2.32. The number of hydrogen-bond donors (Lipinski definition) is 1. The first-order chi connectivity index (χ1) is 18.2. The van der Waals surface area contributed by atoms with Gasteiger partial charge in [-0.1, -0.05) is 55.5 Å². The van der Waals surface area contributed by atoms with E-state index in [1.165, 1.54) is 24.1 Å². The summed E-state index contributed by atoms with van der Waals surface area (Å²) < 4.78 is 33.8. The van der Waals surface area contributed by atoms with Crippen molar-refractivity contribution in [2.45, 2.75) is 50.7 Å². The third-order valence-electron chi connectivity index (χ3n) is 6.33. The summed E-state index contributed by atoms with van der Waals surface area (Å²) >= 11 is 0. The second-order valence-corrected chi connectivity index (χ2v) is 10.9. The molecule has 0 aliphatic rings. The number of nitrogens with zero attached hydrogens (tertiary/aromatic N) is 2. The normalized spacial score (nSPS) is 12.7. The highest BCUT2D eigenvalue weighted by Crippen LogP contribution is 2.26. The van der Waals surface area contributed by atoms with Crippen LogP contribution in [0.25, 0.3) is 0 Å². The van der Waals surface area contributed by atoms with E-state index in [0.717, 1.165) is 16.3 Å². The highest BCUT2D eigenvalue weighted by molar-refractivity contribution is 7.92. The zero-order valence-corrected chi connectivity index (χ0v) is 23.0. The fourth-order valence-corrected chi connectivity index (χ4v) is 5.26. The van der Waals surface area contributed by atoms with Crippen molar-refractivity contribution in [1.29, 1.82) is 0 Å². The van der Waals surface area contributed by atoms with Gasteiger partial charge >= 0.3 is 0 Å². The molecule has 0 heterocycles. The Kier molecular flexibility index (Phi) is 9.90. The average Bonchev–Trinajstić information content (AvgIpc) is 2.95. The Balaban J connectivity index is 2.00. The Morgan fingerprint density at radius 1 is 0.895 bits per heavy atom. The highest BCUT2D eigenvalue weighted by Gasteiger charge is 2.32. The molecule has 0 unspecified atom stereocenters. The van der Waals surface area contributed by atoms with Crippen LogP contribution in [-0.2, 0) is 26.2 Å². The van der Waals surface area contributed by atoms with E-state index in [2.05, 4.69) is 5.32 Å². The van der Waals surface area contributed by atoms with Gasteiger partial charge in [-0.3, -0.25) is 13.9 Å². The zero-order valence-electron chi connectivity index (χ0n) is 22.2. The van der Waals surface area contributed by atoms with Gasteiger partial charge in [0, 0.05) is 12.6 Å². The lowest BCUT2D eigenvalue weighted by Crippen LogP contribution is -2.52. The van der Waals surface area contributed by atoms with Gasteiger partial charge < -0.3 is 15.0 Å². The van der Waals surface area contributed by atoms with E-state index in [0.29, 0.717) is 11.4 Å². The van der Waals surface area contributed by atoms with Crippen molar-refractivity contribution < 1.29 is 22.7 Å². The van der Waals surface area contributed by atoms with Gasteiger partial charge in [0.05, 0.1) is 17.7 Å². The first kappa shape index (κ1) is 28.7. The quantitative estimate of drug-likeness (QED) is 0.373. The molecule has 2 amide bonds. The first-order valence-electron chi connectivity index (χ1n) is 12.5. The molecule has 0 saturated heterocycles. The summed E-state index contributed by atoms with van der Waals surface area (Å²) in [6.45, 7) is 5.17. The Hall–Kier alpha value is -3.85. The summed E-state index contributed by atoms with van der Waals surface area (Å²) in [6.07, 6.45) is 0.742. The van der Waals surface area contributed by atoms with Gasteiger partial charge in [-0.2, -0.15) is 0 Å². The van der Waals surface area contributed by atoms with Crippen molar-refractivity contribution in [2.75, 3.05) is 18.0 Å². The maximum absolute atomic E-state index is 13.8. The molecule has 3 aromatic rings. The zero-order chi connectivity index (χ0) is 27.7.